The van der Waals surface area contributed by atoms with Crippen LogP contribution in [-0.2, 0) is 9.59 Å². The zero-order valence-corrected chi connectivity index (χ0v) is 19.0. The van der Waals surface area contributed by atoms with Crippen molar-refractivity contribution in [2.24, 2.45) is 23.5 Å². The monoisotopic (exact) mass is 460 g/mol. The highest BCUT2D eigenvalue weighted by Gasteiger charge is 2.53. The highest BCUT2D eigenvalue weighted by molar-refractivity contribution is 6.31. The summed E-state index contributed by atoms with van der Waals surface area (Å²) in [6, 6.07) is 13.5. The third kappa shape index (κ3) is 4.26. The normalized spacial score (nSPS) is 29.9. The van der Waals surface area contributed by atoms with Crippen molar-refractivity contribution in [2.45, 2.75) is 38.1 Å². The molecule has 164 valence electrons. The summed E-state index contributed by atoms with van der Waals surface area (Å²) in [5, 5.41) is 4.43. The van der Waals surface area contributed by atoms with Gasteiger partial charge in [-0.05, 0) is 72.4 Å². The van der Waals surface area contributed by atoms with Crippen LogP contribution in [-0.4, -0.2) is 24.5 Å². The minimum Gasteiger partial charge on any atom is -0.484 e. The van der Waals surface area contributed by atoms with Gasteiger partial charge >= 0.3 is 0 Å². The predicted molar refractivity (Wildman–Crippen MR) is 121 cm³/mol. The van der Waals surface area contributed by atoms with Gasteiger partial charge in [0.25, 0.3) is 5.91 Å². The molecule has 1 saturated carbocycles. The molecule has 1 unspecified atom stereocenters. The van der Waals surface area contributed by atoms with Gasteiger partial charge in [-0.2, -0.15) is 0 Å². The van der Waals surface area contributed by atoms with E-state index in [1.807, 2.05) is 24.3 Å². The SMILES string of the molecule is C[C@@H]1CC(c2ccc(OCC(N)=O)cc2Cl)[C@H](c2ccc(Cl)cc2)[C@H]2[C@@H]1C(=O)N[C@@H]2C. The molecule has 3 N–H and O–H groups in total. The van der Waals surface area contributed by atoms with Crippen LogP contribution in [0.3, 0.4) is 0 Å². The Kier molecular flexibility index (Phi) is 6.18. The molecule has 0 aromatic heterocycles. The molecule has 4 rings (SSSR count). The maximum absolute atomic E-state index is 12.7. The zero-order chi connectivity index (χ0) is 22.3. The zero-order valence-electron chi connectivity index (χ0n) is 17.5. The number of carbonyl (C=O) groups is 2. The fourth-order valence-corrected chi connectivity index (χ4v) is 5.99. The van der Waals surface area contributed by atoms with Gasteiger partial charge in [-0.1, -0.05) is 48.3 Å². The van der Waals surface area contributed by atoms with Crippen molar-refractivity contribution in [3.63, 3.8) is 0 Å². The number of primary amides is 1. The van der Waals surface area contributed by atoms with Gasteiger partial charge in [0.15, 0.2) is 6.61 Å². The van der Waals surface area contributed by atoms with Crippen molar-refractivity contribution >= 4 is 35.0 Å². The van der Waals surface area contributed by atoms with Gasteiger partial charge in [-0.15, -0.1) is 0 Å². The van der Waals surface area contributed by atoms with E-state index in [0.717, 1.165) is 17.5 Å². The van der Waals surface area contributed by atoms with Crippen LogP contribution in [0.5, 0.6) is 5.75 Å². The lowest BCUT2D eigenvalue weighted by molar-refractivity contribution is -0.125. The highest BCUT2D eigenvalue weighted by atomic mass is 35.5. The smallest absolute Gasteiger partial charge is 0.255 e. The minimum atomic E-state index is -0.539. The Hall–Kier alpha value is -2.24. The number of nitrogens with two attached hydrogens (primary N) is 1. The average molecular weight is 461 g/mol. The molecule has 6 atom stereocenters. The Balaban J connectivity index is 1.75. The van der Waals surface area contributed by atoms with Crippen molar-refractivity contribution in [3.05, 3.63) is 63.6 Å². The number of rotatable bonds is 5. The fraction of sp³-hybridized carbons (Fsp3) is 0.417. The molecule has 2 aromatic carbocycles. The minimum absolute atomic E-state index is 0.0242. The number of hydrogen-bond acceptors (Lipinski definition) is 3. The van der Waals surface area contributed by atoms with Gasteiger partial charge in [-0.3, -0.25) is 9.59 Å². The first-order valence-corrected chi connectivity index (χ1v) is 11.3. The van der Waals surface area contributed by atoms with Crippen LogP contribution in [0, 0.1) is 17.8 Å². The van der Waals surface area contributed by atoms with Crippen LogP contribution < -0.4 is 15.8 Å². The number of ether oxygens (including phenoxy) is 1. The summed E-state index contributed by atoms with van der Waals surface area (Å²) in [5.41, 5.74) is 7.34. The summed E-state index contributed by atoms with van der Waals surface area (Å²) in [5.74, 6) is 0.709. The number of halogens is 2. The first-order chi connectivity index (χ1) is 14.8. The molecule has 2 fully saturated rings. The van der Waals surface area contributed by atoms with E-state index in [-0.39, 0.29) is 48.1 Å². The van der Waals surface area contributed by atoms with Crippen molar-refractivity contribution < 1.29 is 14.3 Å². The largest absolute Gasteiger partial charge is 0.484 e. The van der Waals surface area contributed by atoms with E-state index in [4.69, 9.17) is 33.7 Å². The molecule has 7 heteroatoms. The summed E-state index contributed by atoms with van der Waals surface area (Å²) >= 11 is 12.9. The van der Waals surface area contributed by atoms with Gasteiger partial charge < -0.3 is 15.8 Å². The molecule has 31 heavy (non-hydrogen) atoms. The van der Waals surface area contributed by atoms with Gasteiger partial charge in [0.05, 0.1) is 0 Å². The van der Waals surface area contributed by atoms with E-state index in [9.17, 15) is 9.59 Å². The lowest BCUT2D eigenvalue weighted by atomic mass is 9.58. The number of carbonyl (C=O) groups excluding carboxylic acids is 2. The molecule has 0 bridgehead atoms. The second kappa shape index (κ2) is 8.71. The third-order valence-corrected chi connectivity index (χ3v) is 7.34. The Bertz CT molecular complexity index is 995. The third-order valence-electron chi connectivity index (χ3n) is 6.76. The van der Waals surface area contributed by atoms with Crippen molar-refractivity contribution in [3.8, 4) is 5.75 Å². The molecule has 1 aliphatic carbocycles. The molecular weight excluding hydrogens is 435 g/mol. The second-order valence-electron chi connectivity index (χ2n) is 8.74. The summed E-state index contributed by atoms with van der Waals surface area (Å²) in [4.78, 5) is 23.7. The van der Waals surface area contributed by atoms with Crippen molar-refractivity contribution in [2.75, 3.05) is 6.61 Å². The van der Waals surface area contributed by atoms with E-state index >= 15 is 0 Å². The maximum Gasteiger partial charge on any atom is 0.255 e. The summed E-state index contributed by atoms with van der Waals surface area (Å²) in [7, 11) is 0. The second-order valence-corrected chi connectivity index (χ2v) is 9.58. The molecule has 5 nitrogen and oxygen atoms in total. The fourth-order valence-electron chi connectivity index (χ4n) is 5.55. The lowest BCUT2D eigenvalue weighted by Gasteiger charge is -2.44. The van der Waals surface area contributed by atoms with E-state index in [1.165, 1.54) is 0 Å². The number of amides is 2. The number of nitrogens with one attached hydrogen (secondary N) is 1. The molecule has 0 spiro atoms. The van der Waals surface area contributed by atoms with Gasteiger partial charge in [0, 0.05) is 22.0 Å². The van der Waals surface area contributed by atoms with Crippen LogP contribution in [0.15, 0.2) is 42.5 Å². The van der Waals surface area contributed by atoms with Crippen molar-refractivity contribution in [1.82, 2.24) is 5.32 Å². The Labute approximate surface area is 192 Å². The summed E-state index contributed by atoms with van der Waals surface area (Å²) in [6.45, 7) is 4.04. The van der Waals surface area contributed by atoms with Crippen LogP contribution in [0.25, 0.3) is 0 Å². The molecule has 2 aromatic rings. The molecule has 1 heterocycles. The van der Waals surface area contributed by atoms with Crippen LogP contribution in [0.4, 0.5) is 0 Å². The number of hydrogen-bond donors (Lipinski definition) is 2. The molecule has 2 amide bonds. The van der Waals surface area contributed by atoms with E-state index in [2.05, 4.69) is 31.3 Å². The average Bonchev–Trinajstić information content (AvgIpc) is 3.02. The maximum atomic E-state index is 12.7. The first-order valence-electron chi connectivity index (χ1n) is 10.5. The van der Waals surface area contributed by atoms with Gasteiger partial charge in [0.1, 0.15) is 5.75 Å². The van der Waals surface area contributed by atoms with Gasteiger partial charge in [-0.25, -0.2) is 0 Å². The predicted octanol–water partition coefficient (Wildman–Crippen LogP) is 4.52. The van der Waals surface area contributed by atoms with Crippen LogP contribution in [0.1, 0.15) is 43.2 Å². The van der Waals surface area contributed by atoms with Crippen LogP contribution >= 0.6 is 23.2 Å². The number of benzene rings is 2. The quantitative estimate of drug-likeness (QED) is 0.687. The summed E-state index contributed by atoms with van der Waals surface area (Å²) in [6.07, 6.45) is 0.843. The Morgan fingerprint density at radius 3 is 2.48 bits per heavy atom. The summed E-state index contributed by atoms with van der Waals surface area (Å²) < 4.78 is 5.41. The molecule has 2 aliphatic rings. The topological polar surface area (TPSA) is 81.4 Å². The van der Waals surface area contributed by atoms with Crippen LogP contribution in [0.2, 0.25) is 10.0 Å². The number of fused-ring (bicyclic) bond motifs is 1. The molecular formula is C24H26Cl2N2O3. The van der Waals surface area contributed by atoms with Gasteiger partial charge in [0.2, 0.25) is 5.91 Å². The lowest BCUT2D eigenvalue weighted by Crippen LogP contribution is -2.39. The standard InChI is InChI=1S/C24H26Cl2N2O3/c1-12-9-18(17-8-7-16(10-19(17)26)31-11-20(27)29)23(14-3-5-15(25)6-4-14)22-13(2)28-24(30)21(12)22/h3-8,10,12-13,18,21-23H,9,11H2,1-2H3,(H2,27,29)(H,28,30)/t12-,13-,18?,21-,22-,23+/m1/s1. The molecule has 1 aliphatic heterocycles. The Morgan fingerprint density at radius 1 is 1.13 bits per heavy atom. The molecule has 1 saturated heterocycles. The molecule has 0 radical (unpaired) electrons. The van der Waals surface area contributed by atoms with Crippen molar-refractivity contribution in [1.29, 1.82) is 0 Å². The Morgan fingerprint density at radius 2 is 1.84 bits per heavy atom. The van der Waals surface area contributed by atoms with E-state index in [1.54, 1.807) is 6.07 Å². The van der Waals surface area contributed by atoms with E-state index < -0.39 is 5.91 Å². The van der Waals surface area contributed by atoms with E-state index in [0.29, 0.717) is 15.8 Å². The highest BCUT2D eigenvalue weighted by Crippen LogP contribution is 2.56. The first kappa shape index (κ1) is 22.0.